The molecule has 2 N–H and O–H groups in total. The van der Waals surface area contributed by atoms with E-state index in [9.17, 15) is 8.42 Å². The van der Waals surface area contributed by atoms with Gasteiger partial charge in [-0.2, -0.15) is 20.2 Å². The number of fused-ring (bicyclic) bond motifs is 1. The number of hydrogen-bond acceptors (Lipinski definition) is 9. The van der Waals surface area contributed by atoms with Crippen molar-refractivity contribution in [2.24, 2.45) is 7.05 Å². The van der Waals surface area contributed by atoms with Crippen LogP contribution in [-0.2, 0) is 30.0 Å². The zero-order valence-corrected chi connectivity index (χ0v) is 23.2. The lowest BCUT2D eigenvalue weighted by Crippen LogP contribution is -2.17. The van der Waals surface area contributed by atoms with Crippen LogP contribution in [-0.4, -0.2) is 66.1 Å². The molecule has 0 spiro atoms. The van der Waals surface area contributed by atoms with Crippen molar-refractivity contribution in [3.05, 3.63) is 60.0 Å². The van der Waals surface area contributed by atoms with Gasteiger partial charge in [-0.25, -0.2) is 15.0 Å². The summed E-state index contributed by atoms with van der Waals surface area (Å²) in [4.78, 5) is 15.6. The predicted molar refractivity (Wildman–Crippen MR) is 149 cm³/mol. The molecule has 0 amide bonds. The number of ether oxygens (including phenoxy) is 1. The van der Waals surface area contributed by atoms with Gasteiger partial charge in [-0.05, 0) is 56.3 Å². The first kappa shape index (κ1) is 26.7. The van der Waals surface area contributed by atoms with E-state index in [2.05, 4.69) is 26.3 Å². The zero-order valence-electron chi connectivity index (χ0n) is 21.5. The van der Waals surface area contributed by atoms with Crippen LogP contribution >= 0.6 is 11.8 Å². The molecule has 0 radical (unpaired) electrons. The first-order valence-electron chi connectivity index (χ1n) is 11.6. The average Bonchev–Trinajstić information content (AvgIpc) is 3.23. The van der Waals surface area contributed by atoms with Crippen molar-refractivity contribution in [3.63, 3.8) is 0 Å². The summed E-state index contributed by atoms with van der Waals surface area (Å²) < 4.78 is 36.5. The molecule has 37 heavy (non-hydrogen) atoms. The number of methoxy groups -OCH3 is 1. The third-order valence-corrected chi connectivity index (χ3v) is 7.45. The Bertz CT molecular complexity index is 1500. The number of hydrogen-bond donors (Lipinski definition) is 2. The fourth-order valence-electron chi connectivity index (χ4n) is 3.73. The number of aromatic nitrogens is 4. The molecule has 0 aliphatic rings. The normalized spacial score (nSPS) is 11.7. The minimum atomic E-state index is -4.04. The summed E-state index contributed by atoms with van der Waals surface area (Å²) >= 11 is 1.75. The summed E-state index contributed by atoms with van der Waals surface area (Å²) in [5.74, 6) is 2.60. The summed E-state index contributed by atoms with van der Waals surface area (Å²) in [6, 6.07) is 13.1. The van der Waals surface area contributed by atoms with E-state index >= 15 is 0 Å². The van der Waals surface area contributed by atoms with Crippen molar-refractivity contribution in [2.75, 3.05) is 43.3 Å². The van der Waals surface area contributed by atoms with Crippen molar-refractivity contribution < 1.29 is 13.2 Å². The highest BCUT2D eigenvalue weighted by molar-refractivity contribution is 7.98. The Morgan fingerprint density at radius 1 is 1.05 bits per heavy atom. The van der Waals surface area contributed by atoms with Crippen molar-refractivity contribution in [1.29, 1.82) is 0 Å². The molecule has 12 heteroatoms. The van der Waals surface area contributed by atoms with Gasteiger partial charge in [0.25, 0.3) is 10.0 Å². The Hall–Kier alpha value is -3.35. The molecule has 0 atom stereocenters. The number of imidazole rings is 1. The standard InChI is InChI=1S/C25H31N7O3S2/c1-31(2)15-22-29-23(16-32(22)3)37(33,34)30-25-24(26-19-8-6-7-9-20(19)27-25)28-21-14-18(35-4)11-10-17(21)12-13-36-5/h6-11,14,16H,12-13,15H2,1-5H3,(H,26,28)(H,27,30). The van der Waals surface area contributed by atoms with E-state index in [0.29, 0.717) is 29.2 Å². The third-order valence-electron chi connectivity index (χ3n) is 5.63. The van der Waals surface area contributed by atoms with Gasteiger partial charge in [0.2, 0.25) is 0 Å². The lowest BCUT2D eigenvalue weighted by molar-refractivity contribution is 0.384. The van der Waals surface area contributed by atoms with Crippen LogP contribution in [0.5, 0.6) is 5.75 Å². The largest absolute Gasteiger partial charge is 0.497 e. The predicted octanol–water partition coefficient (Wildman–Crippen LogP) is 3.88. The molecular formula is C25H31N7O3S2. The summed E-state index contributed by atoms with van der Waals surface area (Å²) in [5.41, 5.74) is 3.02. The molecule has 2 aromatic heterocycles. The minimum absolute atomic E-state index is 0.0807. The molecule has 0 saturated carbocycles. The van der Waals surface area contributed by atoms with Crippen LogP contribution in [0.4, 0.5) is 17.3 Å². The number of sulfonamides is 1. The Labute approximate surface area is 221 Å². The van der Waals surface area contributed by atoms with Crippen LogP contribution < -0.4 is 14.8 Å². The Kier molecular flexibility index (Phi) is 8.20. The first-order valence-corrected chi connectivity index (χ1v) is 14.5. The summed E-state index contributed by atoms with van der Waals surface area (Å²) in [6.07, 6.45) is 4.36. The summed E-state index contributed by atoms with van der Waals surface area (Å²) in [5, 5.41) is 3.22. The van der Waals surface area contributed by atoms with Gasteiger partial charge >= 0.3 is 0 Å². The average molecular weight is 542 g/mol. The number of para-hydroxylation sites is 2. The topological polar surface area (TPSA) is 114 Å². The fourth-order valence-corrected chi connectivity index (χ4v) is 5.18. The van der Waals surface area contributed by atoms with E-state index in [-0.39, 0.29) is 16.7 Å². The number of rotatable bonds is 11. The minimum Gasteiger partial charge on any atom is -0.497 e. The van der Waals surface area contributed by atoms with Crippen LogP contribution in [0.3, 0.4) is 0 Å². The van der Waals surface area contributed by atoms with E-state index in [1.807, 2.05) is 55.4 Å². The van der Waals surface area contributed by atoms with Crippen molar-refractivity contribution in [3.8, 4) is 5.75 Å². The number of benzene rings is 2. The molecule has 196 valence electrons. The highest BCUT2D eigenvalue weighted by Crippen LogP contribution is 2.31. The second kappa shape index (κ2) is 11.4. The first-order chi connectivity index (χ1) is 17.7. The van der Waals surface area contributed by atoms with E-state index in [0.717, 1.165) is 23.4 Å². The van der Waals surface area contributed by atoms with E-state index in [4.69, 9.17) is 9.72 Å². The second-order valence-corrected chi connectivity index (χ2v) is 11.4. The third kappa shape index (κ3) is 6.32. The number of aryl methyl sites for hydroxylation is 2. The van der Waals surface area contributed by atoms with Crippen molar-refractivity contribution in [1.82, 2.24) is 24.4 Å². The molecular weight excluding hydrogens is 510 g/mol. The van der Waals surface area contributed by atoms with Crippen molar-refractivity contribution in [2.45, 2.75) is 18.0 Å². The van der Waals surface area contributed by atoms with Gasteiger partial charge in [0.1, 0.15) is 11.6 Å². The maximum Gasteiger partial charge on any atom is 0.282 e. The van der Waals surface area contributed by atoms with Crippen molar-refractivity contribution >= 4 is 50.1 Å². The lowest BCUT2D eigenvalue weighted by Gasteiger charge is -2.16. The van der Waals surface area contributed by atoms with Crippen LogP contribution in [0, 0.1) is 0 Å². The monoisotopic (exact) mass is 541 g/mol. The van der Waals surface area contributed by atoms with E-state index < -0.39 is 10.0 Å². The van der Waals surface area contributed by atoms with Gasteiger partial charge in [0.15, 0.2) is 16.7 Å². The quantitative estimate of drug-likeness (QED) is 0.292. The molecule has 0 saturated heterocycles. The highest BCUT2D eigenvalue weighted by atomic mass is 32.2. The number of thioether (sulfide) groups is 1. The molecule has 4 rings (SSSR count). The smallest absolute Gasteiger partial charge is 0.282 e. The van der Waals surface area contributed by atoms with E-state index in [1.165, 1.54) is 6.20 Å². The summed E-state index contributed by atoms with van der Waals surface area (Å²) in [6.45, 7) is 0.503. The molecule has 0 unspecified atom stereocenters. The molecule has 2 heterocycles. The second-order valence-electron chi connectivity index (χ2n) is 8.75. The highest BCUT2D eigenvalue weighted by Gasteiger charge is 2.23. The molecule has 0 fully saturated rings. The van der Waals surface area contributed by atoms with Gasteiger partial charge in [0, 0.05) is 25.0 Å². The maximum absolute atomic E-state index is 13.4. The fraction of sp³-hybridized carbons (Fsp3) is 0.320. The molecule has 0 aliphatic heterocycles. The van der Waals surface area contributed by atoms with Gasteiger partial charge in [0.05, 0.1) is 24.7 Å². The zero-order chi connectivity index (χ0) is 26.6. The van der Waals surface area contributed by atoms with Crippen LogP contribution in [0.15, 0.2) is 53.7 Å². The molecule has 10 nitrogen and oxygen atoms in total. The lowest BCUT2D eigenvalue weighted by atomic mass is 10.1. The van der Waals surface area contributed by atoms with E-state index in [1.54, 1.807) is 36.6 Å². The Morgan fingerprint density at radius 2 is 1.76 bits per heavy atom. The van der Waals surface area contributed by atoms with Crippen LogP contribution in [0.2, 0.25) is 0 Å². The number of nitrogens with zero attached hydrogens (tertiary/aromatic N) is 5. The van der Waals surface area contributed by atoms with Gasteiger partial charge in [-0.3, -0.25) is 4.72 Å². The molecule has 0 aliphatic carbocycles. The van der Waals surface area contributed by atoms with Gasteiger partial charge in [-0.15, -0.1) is 0 Å². The Morgan fingerprint density at radius 3 is 2.41 bits per heavy atom. The molecule has 4 aromatic rings. The van der Waals surface area contributed by atoms with Crippen LogP contribution in [0.1, 0.15) is 11.4 Å². The van der Waals surface area contributed by atoms with Gasteiger partial charge in [-0.1, -0.05) is 18.2 Å². The maximum atomic E-state index is 13.4. The van der Waals surface area contributed by atoms with Gasteiger partial charge < -0.3 is 19.5 Å². The van der Waals surface area contributed by atoms with Crippen LogP contribution in [0.25, 0.3) is 11.0 Å². The number of nitrogens with one attached hydrogen (secondary N) is 2. The SMILES string of the molecule is COc1ccc(CCSC)c(Nc2nc3ccccc3nc2NS(=O)(=O)c2cn(C)c(CN(C)C)n2)c1. The summed E-state index contributed by atoms with van der Waals surface area (Å²) in [7, 11) is 3.13. The Balaban J connectivity index is 1.76. The number of anilines is 3. The molecule has 2 aromatic carbocycles. The molecule has 0 bridgehead atoms.